The van der Waals surface area contributed by atoms with Gasteiger partial charge in [-0.2, -0.15) is 10.4 Å². The summed E-state index contributed by atoms with van der Waals surface area (Å²) in [6.45, 7) is 7.99. The fourth-order valence-corrected chi connectivity index (χ4v) is 3.04. The Kier molecular flexibility index (Phi) is 4.41. The minimum Gasteiger partial charge on any atom is -0.192 e. The third-order valence-corrected chi connectivity index (χ3v) is 4.23. The molecule has 0 amide bonds. The minimum absolute atomic E-state index is 0.645. The zero-order chi connectivity index (χ0) is 14.7. The summed E-state index contributed by atoms with van der Waals surface area (Å²) in [6, 6.07) is 8.73. The Morgan fingerprint density at radius 3 is 2.30 bits per heavy atom. The van der Waals surface area contributed by atoms with Crippen molar-refractivity contribution in [1.82, 2.24) is 10.2 Å². The average Bonchev–Trinajstić information content (AvgIpc) is 2.39. The maximum atomic E-state index is 9.28. The summed E-state index contributed by atoms with van der Waals surface area (Å²) < 4.78 is 0. The lowest BCUT2D eigenvalue weighted by Gasteiger charge is -2.08. The summed E-state index contributed by atoms with van der Waals surface area (Å²) in [5.41, 5.74) is 6.14. The molecule has 0 N–H and O–H groups in total. The Bertz CT molecular complexity index is 667. The van der Waals surface area contributed by atoms with Crippen LogP contribution in [0.25, 0.3) is 0 Å². The third-order valence-electron chi connectivity index (χ3n) is 3.19. The van der Waals surface area contributed by atoms with E-state index >= 15 is 0 Å². The van der Waals surface area contributed by atoms with Gasteiger partial charge in [0, 0.05) is 5.75 Å². The van der Waals surface area contributed by atoms with Crippen molar-refractivity contribution in [1.29, 1.82) is 5.26 Å². The standard InChI is InChI=1S/C16H17N3S/c1-10-5-11(2)7-14(6-10)9-20-16-15(8-17)12(3)13(4)18-19-16/h5-7H,9H2,1-4H3. The molecular formula is C16H17N3S. The van der Waals surface area contributed by atoms with E-state index in [-0.39, 0.29) is 0 Å². The average molecular weight is 283 g/mol. The van der Waals surface area contributed by atoms with Gasteiger partial charge in [0.2, 0.25) is 0 Å². The lowest BCUT2D eigenvalue weighted by Crippen LogP contribution is -1.99. The van der Waals surface area contributed by atoms with Gasteiger partial charge in [0.25, 0.3) is 0 Å². The molecule has 0 radical (unpaired) electrons. The second kappa shape index (κ2) is 6.06. The van der Waals surface area contributed by atoms with Crippen LogP contribution < -0.4 is 0 Å². The molecule has 3 nitrogen and oxygen atoms in total. The molecular weight excluding hydrogens is 266 g/mol. The monoisotopic (exact) mass is 283 g/mol. The highest BCUT2D eigenvalue weighted by Gasteiger charge is 2.11. The van der Waals surface area contributed by atoms with Crippen LogP contribution in [0.4, 0.5) is 0 Å². The van der Waals surface area contributed by atoms with Crippen LogP contribution in [0.2, 0.25) is 0 Å². The largest absolute Gasteiger partial charge is 0.192 e. The highest BCUT2D eigenvalue weighted by atomic mass is 32.2. The molecule has 0 fully saturated rings. The predicted molar refractivity (Wildman–Crippen MR) is 81.7 cm³/mol. The molecule has 102 valence electrons. The number of hydrogen-bond acceptors (Lipinski definition) is 4. The van der Waals surface area contributed by atoms with Gasteiger partial charge in [-0.25, -0.2) is 0 Å². The maximum Gasteiger partial charge on any atom is 0.137 e. The fraction of sp³-hybridized carbons (Fsp3) is 0.312. The molecule has 0 saturated carbocycles. The first-order valence-corrected chi connectivity index (χ1v) is 7.43. The molecule has 20 heavy (non-hydrogen) atoms. The van der Waals surface area contributed by atoms with Crippen molar-refractivity contribution in [2.75, 3.05) is 0 Å². The SMILES string of the molecule is Cc1cc(C)cc(CSc2nnc(C)c(C)c2C#N)c1. The van der Waals surface area contributed by atoms with E-state index in [4.69, 9.17) is 0 Å². The van der Waals surface area contributed by atoms with Crippen molar-refractivity contribution < 1.29 is 0 Å². The van der Waals surface area contributed by atoms with E-state index in [1.165, 1.54) is 16.7 Å². The van der Waals surface area contributed by atoms with Crippen LogP contribution in [-0.2, 0) is 5.75 Å². The van der Waals surface area contributed by atoms with Crippen molar-refractivity contribution in [3.63, 3.8) is 0 Å². The zero-order valence-corrected chi connectivity index (χ0v) is 13.0. The van der Waals surface area contributed by atoms with E-state index < -0.39 is 0 Å². The minimum atomic E-state index is 0.645. The van der Waals surface area contributed by atoms with Crippen LogP contribution in [0.1, 0.15) is 33.5 Å². The molecule has 0 unspecified atom stereocenters. The van der Waals surface area contributed by atoms with Crippen LogP contribution in [0, 0.1) is 39.0 Å². The molecule has 0 saturated heterocycles. The second-order valence-corrected chi connectivity index (χ2v) is 5.95. The number of thioether (sulfide) groups is 1. The van der Waals surface area contributed by atoms with Gasteiger partial charge in [0.05, 0.1) is 11.3 Å². The normalized spacial score (nSPS) is 10.3. The molecule has 2 aromatic rings. The van der Waals surface area contributed by atoms with E-state index in [1.807, 2.05) is 13.8 Å². The highest BCUT2D eigenvalue weighted by molar-refractivity contribution is 7.98. The molecule has 0 bridgehead atoms. The number of aryl methyl sites for hydroxylation is 3. The molecule has 1 aromatic carbocycles. The first-order valence-electron chi connectivity index (χ1n) is 6.45. The summed E-state index contributed by atoms with van der Waals surface area (Å²) >= 11 is 1.57. The predicted octanol–water partition coefficient (Wildman–Crippen LogP) is 3.87. The first-order chi connectivity index (χ1) is 9.51. The smallest absolute Gasteiger partial charge is 0.137 e. The van der Waals surface area contributed by atoms with Crippen molar-refractivity contribution >= 4 is 11.8 Å². The number of aromatic nitrogens is 2. The molecule has 0 aliphatic heterocycles. The summed E-state index contributed by atoms with van der Waals surface area (Å²) in [7, 11) is 0. The van der Waals surface area contributed by atoms with Gasteiger partial charge >= 0.3 is 0 Å². The Hall–Kier alpha value is -1.86. The van der Waals surface area contributed by atoms with Gasteiger partial charge in [-0.1, -0.05) is 41.1 Å². The lowest BCUT2D eigenvalue weighted by atomic mass is 10.1. The van der Waals surface area contributed by atoms with Gasteiger partial charge in [-0.3, -0.25) is 0 Å². The number of rotatable bonds is 3. The molecule has 1 heterocycles. The van der Waals surface area contributed by atoms with E-state index in [0.717, 1.165) is 22.0 Å². The van der Waals surface area contributed by atoms with Gasteiger partial charge in [-0.05, 0) is 38.8 Å². The Labute approximate surface area is 124 Å². The topological polar surface area (TPSA) is 49.6 Å². The summed E-state index contributed by atoms with van der Waals surface area (Å²) in [4.78, 5) is 0. The van der Waals surface area contributed by atoms with Crippen molar-refractivity contribution in [3.05, 3.63) is 51.7 Å². The van der Waals surface area contributed by atoms with Crippen LogP contribution in [-0.4, -0.2) is 10.2 Å². The third kappa shape index (κ3) is 3.17. The number of hydrogen-bond donors (Lipinski definition) is 0. The maximum absolute atomic E-state index is 9.28. The summed E-state index contributed by atoms with van der Waals surface area (Å²) in [5.74, 6) is 0.800. The van der Waals surface area contributed by atoms with Gasteiger partial charge < -0.3 is 0 Å². The van der Waals surface area contributed by atoms with Gasteiger partial charge in [0.1, 0.15) is 11.1 Å². The number of nitrogens with zero attached hydrogens (tertiary/aromatic N) is 3. The zero-order valence-electron chi connectivity index (χ0n) is 12.2. The van der Waals surface area contributed by atoms with Gasteiger partial charge in [0.15, 0.2) is 0 Å². The van der Waals surface area contributed by atoms with Crippen molar-refractivity contribution in [3.8, 4) is 6.07 Å². The summed E-state index contributed by atoms with van der Waals surface area (Å²) in [6.07, 6.45) is 0. The quantitative estimate of drug-likeness (QED) is 0.802. The fourth-order valence-electron chi connectivity index (χ4n) is 2.12. The molecule has 1 aromatic heterocycles. The van der Waals surface area contributed by atoms with Crippen LogP contribution >= 0.6 is 11.8 Å². The lowest BCUT2D eigenvalue weighted by molar-refractivity contribution is 0.871. The van der Waals surface area contributed by atoms with Gasteiger partial charge in [-0.15, -0.1) is 5.10 Å². The van der Waals surface area contributed by atoms with Crippen LogP contribution in [0.3, 0.4) is 0 Å². The van der Waals surface area contributed by atoms with E-state index in [2.05, 4.69) is 48.3 Å². The highest BCUT2D eigenvalue weighted by Crippen LogP contribution is 2.26. The first kappa shape index (κ1) is 14.5. The second-order valence-electron chi connectivity index (χ2n) is 4.99. The van der Waals surface area contributed by atoms with Crippen LogP contribution in [0.5, 0.6) is 0 Å². The molecule has 0 aliphatic carbocycles. The van der Waals surface area contributed by atoms with Crippen molar-refractivity contribution in [2.45, 2.75) is 38.5 Å². The van der Waals surface area contributed by atoms with E-state index in [1.54, 1.807) is 11.8 Å². The number of nitriles is 1. The molecule has 0 atom stereocenters. The van der Waals surface area contributed by atoms with Crippen molar-refractivity contribution in [2.24, 2.45) is 0 Å². The molecule has 2 rings (SSSR count). The molecule has 0 aliphatic rings. The van der Waals surface area contributed by atoms with Crippen LogP contribution in [0.15, 0.2) is 23.2 Å². The van der Waals surface area contributed by atoms with E-state index in [9.17, 15) is 5.26 Å². The molecule has 0 spiro atoms. The summed E-state index contributed by atoms with van der Waals surface area (Å²) in [5, 5.41) is 18.3. The Balaban J connectivity index is 2.23. The Morgan fingerprint density at radius 2 is 1.70 bits per heavy atom. The number of benzene rings is 1. The van der Waals surface area contributed by atoms with E-state index in [0.29, 0.717) is 5.56 Å². The Morgan fingerprint density at radius 1 is 1.05 bits per heavy atom. The molecule has 4 heteroatoms.